The second kappa shape index (κ2) is 9.83. The smallest absolute Gasteiger partial charge is 0.341 e. The molecule has 0 atom stereocenters. The van der Waals surface area contributed by atoms with Crippen molar-refractivity contribution in [3.05, 3.63) is 28.3 Å². The van der Waals surface area contributed by atoms with Gasteiger partial charge in [0.25, 0.3) is 5.91 Å². The Morgan fingerprint density at radius 1 is 1.37 bits per heavy atom. The monoisotopic (exact) mass is 392 g/mol. The molecule has 27 heavy (non-hydrogen) atoms. The number of hydrogen-bond donors (Lipinski definition) is 2. The van der Waals surface area contributed by atoms with E-state index in [4.69, 9.17) is 26.2 Å². The van der Waals surface area contributed by atoms with Gasteiger partial charge in [-0.1, -0.05) is 24.4 Å². The van der Waals surface area contributed by atoms with Crippen molar-refractivity contribution < 1.29 is 24.2 Å². The van der Waals surface area contributed by atoms with E-state index in [9.17, 15) is 14.9 Å². The average Bonchev–Trinajstić information content (AvgIpc) is 3.11. The molecule has 1 aliphatic rings. The Labute approximate surface area is 162 Å². The summed E-state index contributed by atoms with van der Waals surface area (Å²) in [5.74, 6) is -1.23. The molecule has 0 aromatic heterocycles. The fraction of sp³-hybridized carbons (Fsp3) is 0.421. The van der Waals surface area contributed by atoms with Crippen molar-refractivity contribution in [1.29, 1.82) is 5.26 Å². The lowest BCUT2D eigenvalue weighted by atomic mass is 10.1. The summed E-state index contributed by atoms with van der Waals surface area (Å²) in [6, 6.07) is 5.04. The molecule has 1 aromatic rings. The zero-order valence-corrected chi connectivity index (χ0v) is 15.7. The van der Waals surface area contributed by atoms with Crippen LogP contribution in [-0.2, 0) is 9.59 Å². The average molecular weight is 393 g/mol. The fourth-order valence-electron chi connectivity index (χ4n) is 2.86. The number of nitriles is 1. The largest absolute Gasteiger partial charge is 0.490 e. The summed E-state index contributed by atoms with van der Waals surface area (Å²) in [6.07, 6.45) is 5.39. The maximum absolute atomic E-state index is 12.3. The molecule has 0 aliphatic heterocycles. The number of carboxylic acids is 1. The first-order valence-corrected chi connectivity index (χ1v) is 9.06. The quantitative estimate of drug-likeness (QED) is 0.519. The zero-order chi connectivity index (χ0) is 19.8. The number of amides is 1. The van der Waals surface area contributed by atoms with Gasteiger partial charge in [0.2, 0.25) is 0 Å². The first kappa shape index (κ1) is 20.6. The molecule has 1 saturated carbocycles. The lowest BCUT2D eigenvalue weighted by Gasteiger charge is -2.14. The highest BCUT2D eigenvalue weighted by atomic mass is 35.5. The van der Waals surface area contributed by atoms with Crippen LogP contribution in [0.25, 0.3) is 6.08 Å². The number of nitrogens with one attached hydrogen (secondary N) is 1. The molecule has 144 valence electrons. The van der Waals surface area contributed by atoms with E-state index in [0.717, 1.165) is 25.7 Å². The number of nitrogens with zero attached hydrogens (tertiary/aromatic N) is 1. The molecule has 2 N–H and O–H groups in total. The van der Waals surface area contributed by atoms with Crippen molar-refractivity contribution in [1.82, 2.24) is 5.32 Å². The molecule has 2 rings (SSSR count). The molecule has 0 unspecified atom stereocenters. The molecule has 0 bridgehead atoms. The van der Waals surface area contributed by atoms with Gasteiger partial charge in [0, 0.05) is 6.04 Å². The topological polar surface area (TPSA) is 109 Å². The van der Waals surface area contributed by atoms with Crippen molar-refractivity contribution in [2.24, 2.45) is 0 Å². The van der Waals surface area contributed by atoms with E-state index in [0.29, 0.717) is 12.2 Å². The third kappa shape index (κ3) is 5.90. The van der Waals surface area contributed by atoms with Crippen LogP contribution in [0.15, 0.2) is 17.7 Å². The van der Waals surface area contributed by atoms with Gasteiger partial charge in [-0.05, 0) is 43.5 Å². The summed E-state index contributed by atoms with van der Waals surface area (Å²) in [5, 5.41) is 21.1. The number of hydrogen-bond acceptors (Lipinski definition) is 5. The molecule has 1 aromatic carbocycles. The number of ether oxygens (including phenoxy) is 2. The van der Waals surface area contributed by atoms with Gasteiger partial charge >= 0.3 is 5.97 Å². The summed E-state index contributed by atoms with van der Waals surface area (Å²) in [5.41, 5.74) is 0.434. The SMILES string of the molecule is CCOc1cc(/C=C(/C#N)C(=O)NC2CCCC2)cc(Cl)c1OCC(=O)O. The Morgan fingerprint density at radius 2 is 2.07 bits per heavy atom. The van der Waals surface area contributed by atoms with E-state index in [1.54, 1.807) is 13.0 Å². The van der Waals surface area contributed by atoms with Crippen molar-refractivity contribution in [3.63, 3.8) is 0 Å². The minimum atomic E-state index is -1.15. The fourth-order valence-corrected chi connectivity index (χ4v) is 3.13. The van der Waals surface area contributed by atoms with Gasteiger partial charge in [0.05, 0.1) is 11.6 Å². The first-order chi connectivity index (χ1) is 12.9. The second-order valence-electron chi connectivity index (χ2n) is 6.07. The third-order valence-corrected chi connectivity index (χ3v) is 4.32. The molecule has 1 fully saturated rings. The van der Waals surface area contributed by atoms with E-state index in [1.165, 1.54) is 12.1 Å². The van der Waals surface area contributed by atoms with Gasteiger partial charge < -0.3 is 19.9 Å². The van der Waals surface area contributed by atoms with Crippen molar-refractivity contribution in [3.8, 4) is 17.6 Å². The second-order valence-corrected chi connectivity index (χ2v) is 6.48. The predicted octanol–water partition coefficient (Wildman–Crippen LogP) is 3.17. The van der Waals surface area contributed by atoms with E-state index in [-0.39, 0.29) is 28.1 Å². The third-order valence-electron chi connectivity index (χ3n) is 4.04. The zero-order valence-electron chi connectivity index (χ0n) is 15.0. The normalized spacial score (nSPS) is 14.5. The Bertz CT molecular complexity index is 779. The molecule has 1 amide bonds. The lowest BCUT2D eigenvalue weighted by Crippen LogP contribution is -2.33. The minimum Gasteiger partial charge on any atom is -0.490 e. The van der Waals surface area contributed by atoms with Gasteiger partial charge in [-0.25, -0.2) is 4.79 Å². The van der Waals surface area contributed by atoms with Crippen LogP contribution in [0.5, 0.6) is 11.5 Å². The highest BCUT2D eigenvalue weighted by Crippen LogP contribution is 2.37. The highest BCUT2D eigenvalue weighted by Gasteiger charge is 2.20. The van der Waals surface area contributed by atoms with Crippen LogP contribution in [0.2, 0.25) is 5.02 Å². The van der Waals surface area contributed by atoms with E-state index < -0.39 is 18.5 Å². The van der Waals surface area contributed by atoms with Gasteiger partial charge in [-0.2, -0.15) is 5.26 Å². The van der Waals surface area contributed by atoms with Gasteiger partial charge in [0.15, 0.2) is 18.1 Å². The number of carbonyl (C=O) groups excluding carboxylic acids is 1. The summed E-state index contributed by atoms with van der Waals surface area (Å²) in [6.45, 7) is 1.50. The van der Waals surface area contributed by atoms with Crippen molar-refractivity contribution >= 4 is 29.6 Å². The molecule has 1 aliphatic carbocycles. The van der Waals surface area contributed by atoms with Gasteiger partial charge in [-0.15, -0.1) is 0 Å². The van der Waals surface area contributed by atoms with Crippen molar-refractivity contribution in [2.45, 2.75) is 38.6 Å². The maximum Gasteiger partial charge on any atom is 0.341 e. The van der Waals surface area contributed by atoms with Crippen LogP contribution in [0.1, 0.15) is 38.2 Å². The number of halogens is 1. The highest BCUT2D eigenvalue weighted by molar-refractivity contribution is 6.32. The van der Waals surface area contributed by atoms with Crippen LogP contribution in [0, 0.1) is 11.3 Å². The molecular weight excluding hydrogens is 372 g/mol. The molecule has 0 spiro atoms. The van der Waals surface area contributed by atoms with Crippen LogP contribution in [-0.4, -0.2) is 36.2 Å². The van der Waals surface area contributed by atoms with E-state index in [1.807, 2.05) is 6.07 Å². The molecule has 0 saturated heterocycles. The maximum atomic E-state index is 12.3. The van der Waals surface area contributed by atoms with Crippen molar-refractivity contribution in [2.75, 3.05) is 13.2 Å². The molecule has 0 heterocycles. The lowest BCUT2D eigenvalue weighted by molar-refractivity contribution is -0.139. The Morgan fingerprint density at radius 3 is 2.67 bits per heavy atom. The summed E-state index contributed by atoms with van der Waals surface area (Å²) >= 11 is 6.19. The van der Waals surface area contributed by atoms with E-state index in [2.05, 4.69) is 5.32 Å². The Balaban J connectivity index is 2.26. The van der Waals surface area contributed by atoms with Crippen LogP contribution < -0.4 is 14.8 Å². The standard InChI is InChI=1S/C19H21ClN2O5/c1-2-26-16-9-12(8-15(20)18(16)27-11-17(23)24)7-13(10-21)19(25)22-14-5-3-4-6-14/h7-9,14H,2-6,11H2,1H3,(H,22,25)(H,23,24)/b13-7-. The number of aliphatic carboxylic acids is 1. The summed E-state index contributed by atoms with van der Waals surface area (Å²) < 4.78 is 10.6. The molecule has 8 heteroatoms. The Kier molecular flexibility index (Phi) is 7.50. The summed E-state index contributed by atoms with van der Waals surface area (Å²) in [4.78, 5) is 23.0. The first-order valence-electron chi connectivity index (χ1n) is 8.68. The number of carbonyl (C=O) groups is 2. The number of rotatable bonds is 8. The van der Waals surface area contributed by atoms with Gasteiger partial charge in [-0.3, -0.25) is 4.79 Å². The molecular formula is C19H21ClN2O5. The summed E-state index contributed by atoms with van der Waals surface area (Å²) in [7, 11) is 0. The van der Waals surface area contributed by atoms with Crippen LogP contribution >= 0.6 is 11.6 Å². The van der Waals surface area contributed by atoms with Crippen LogP contribution in [0.4, 0.5) is 0 Å². The predicted molar refractivity (Wildman–Crippen MR) is 99.7 cm³/mol. The Hall–Kier alpha value is -2.72. The number of carboxylic acid groups (broad SMARTS) is 1. The number of benzene rings is 1. The van der Waals surface area contributed by atoms with Gasteiger partial charge in [0.1, 0.15) is 11.6 Å². The van der Waals surface area contributed by atoms with Crippen LogP contribution in [0.3, 0.4) is 0 Å². The molecule has 0 radical (unpaired) electrons. The molecule has 7 nitrogen and oxygen atoms in total. The minimum absolute atomic E-state index is 0.0420. The van der Waals surface area contributed by atoms with E-state index >= 15 is 0 Å².